The van der Waals surface area contributed by atoms with E-state index in [0.717, 1.165) is 0 Å². The Morgan fingerprint density at radius 2 is 1.58 bits per heavy atom. The fraction of sp³-hybridized carbons (Fsp3) is 0.125. The van der Waals surface area contributed by atoms with Gasteiger partial charge in [0.2, 0.25) is 11.8 Å². The van der Waals surface area contributed by atoms with Gasteiger partial charge in [0, 0.05) is 5.69 Å². The third kappa shape index (κ3) is 5.15. The van der Waals surface area contributed by atoms with Gasteiger partial charge in [-0.15, -0.1) is 0 Å². The molecule has 3 amide bonds. The number of amides is 3. The number of hydrogen-bond donors (Lipinski definition) is 2. The van der Waals surface area contributed by atoms with Crippen LogP contribution in [0.5, 0.6) is 5.75 Å². The zero-order valence-electron chi connectivity index (χ0n) is 17.3. The van der Waals surface area contributed by atoms with Crippen LogP contribution in [-0.2, 0) is 14.4 Å². The van der Waals surface area contributed by atoms with Crippen molar-refractivity contribution in [2.24, 2.45) is 0 Å². The van der Waals surface area contributed by atoms with Crippen molar-refractivity contribution in [1.82, 2.24) is 0 Å². The Hall–Kier alpha value is -4.27. The Bertz CT molecular complexity index is 1180. The van der Waals surface area contributed by atoms with Crippen molar-refractivity contribution in [2.75, 3.05) is 22.1 Å². The summed E-state index contributed by atoms with van der Waals surface area (Å²) in [5.41, 5.74) is 1.20. The minimum atomic E-state index is -1.13. The van der Waals surface area contributed by atoms with Gasteiger partial charge < -0.3 is 15.4 Å². The molecule has 2 N–H and O–H groups in total. The molecule has 0 spiro atoms. The maximum atomic E-state index is 13.1. The first-order valence-corrected chi connectivity index (χ1v) is 10.1. The summed E-state index contributed by atoms with van der Waals surface area (Å²) in [4.78, 5) is 39.7. The van der Waals surface area contributed by atoms with Crippen LogP contribution in [0, 0.1) is 11.6 Å². The van der Waals surface area contributed by atoms with Crippen LogP contribution in [0.25, 0.3) is 0 Å². The number of hydrogen-bond acceptors (Lipinski definition) is 4. The van der Waals surface area contributed by atoms with E-state index in [1.54, 1.807) is 24.3 Å². The van der Waals surface area contributed by atoms with Crippen LogP contribution >= 0.6 is 0 Å². The number of anilines is 3. The minimum Gasteiger partial charge on any atom is -0.484 e. The van der Waals surface area contributed by atoms with Crippen molar-refractivity contribution in [3.8, 4) is 5.75 Å². The summed E-state index contributed by atoms with van der Waals surface area (Å²) in [5, 5.41) is 5.30. The molecule has 1 aliphatic heterocycles. The predicted molar refractivity (Wildman–Crippen MR) is 118 cm³/mol. The fourth-order valence-electron chi connectivity index (χ4n) is 3.45. The average molecular weight is 451 g/mol. The fourth-order valence-corrected chi connectivity index (χ4v) is 3.45. The van der Waals surface area contributed by atoms with Crippen molar-refractivity contribution in [1.29, 1.82) is 0 Å². The average Bonchev–Trinajstić information content (AvgIpc) is 2.80. The molecule has 3 aromatic rings. The van der Waals surface area contributed by atoms with Crippen LogP contribution in [0.2, 0.25) is 0 Å². The smallest absolute Gasteiger partial charge is 0.265 e. The van der Waals surface area contributed by atoms with E-state index in [9.17, 15) is 23.2 Å². The largest absolute Gasteiger partial charge is 0.484 e. The second-order valence-electron chi connectivity index (χ2n) is 7.29. The van der Waals surface area contributed by atoms with Gasteiger partial charge in [-0.1, -0.05) is 12.1 Å². The van der Waals surface area contributed by atoms with Gasteiger partial charge in [-0.2, -0.15) is 0 Å². The molecule has 9 heteroatoms. The molecule has 168 valence electrons. The number of rotatable bonds is 6. The van der Waals surface area contributed by atoms with Crippen molar-refractivity contribution in [3.05, 3.63) is 84.4 Å². The van der Waals surface area contributed by atoms with Crippen molar-refractivity contribution in [3.63, 3.8) is 0 Å². The van der Waals surface area contributed by atoms with Crippen molar-refractivity contribution >= 4 is 34.8 Å². The second kappa shape index (κ2) is 9.47. The van der Waals surface area contributed by atoms with E-state index in [0.29, 0.717) is 17.1 Å². The van der Waals surface area contributed by atoms with Gasteiger partial charge in [-0.3, -0.25) is 19.3 Å². The third-order valence-corrected chi connectivity index (χ3v) is 4.99. The van der Waals surface area contributed by atoms with Crippen LogP contribution in [0.4, 0.5) is 25.8 Å². The number of benzene rings is 3. The summed E-state index contributed by atoms with van der Waals surface area (Å²) in [6.07, 6.45) is -0.333. The highest BCUT2D eigenvalue weighted by Crippen LogP contribution is 2.33. The van der Waals surface area contributed by atoms with Gasteiger partial charge in [-0.25, -0.2) is 8.78 Å². The van der Waals surface area contributed by atoms with Gasteiger partial charge in [0.25, 0.3) is 5.91 Å². The molecule has 0 aliphatic carbocycles. The maximum Gasteiger partial charge on any atom is 0.265 e. The summed E-state index contributed by atoms with van der Waals surface area (Å²) in [5.74, 6) is -2.22. The lowest BCUT2D eigenvalue weighted by molar-refractivity contribution is -0.127. The van der Waals surface area contributed by atoms with Crippen LogP contribution < -0.4 is 20.3 Å². The molecule has 0 aromatic heterocycles. The Labute approximate surface area is 188 Å². The SMILES string of the molecule is O=C(CC1C(=O)Nc2ccccc2N1C(=O)COc1ccc(F)cc1)Nc1ccc(F)cc1. The first-order valence-electron chi connectivity index (χ1n) is 10.1. The molecule has 4 rings (SSSR count). The van der Waals surface area contributed by atoms with E-state index in [4.69, 9.17) is 4.74 Å². The highest BCUT2D eigenvalue weighted by molar-refractivity contribution is 6.14. The number of para-hydroxylation sites is 2. The lowest BCUT2D eigenvalue weighted by Gasteiger charge is -2.36. The number of nitrogens with one attached hydrogen (secondary N) is 2. The Balaban J connectivity index is 1.53. The molecule has 1 atom stereocenters. The summed E-state index contributed by atoms with van der Waals surface area (Å²) in [6.45, 7) is -0.427. The van der Waals surface area contributed by atoms with E-state index in [1.807, 2.05) is 0 Å². The van der Waals surface area contributed by atoms with E-state index in [2.05, 4.69) is 10.6 Å². The molecule has 1 heterocycles. The Kier molecular flexibility index (Phi) is 6.30. The van der Waals surface area contributed by atoms with Gasteiger partial charge in [0.05, 0.1) is 17.8 Å². The van der Waals surface area contributed by atoms with Crippen molar-refractivity contribution in [2.45, 2.75) is 12.5 Å². The van der Waals surface area contributed by atoms with Crippen LogP contribution in [0.15, 0.2) is 72.8 Å². The molecule has 0 saturated heterocycles. The highest BCUT2D eigenvalue weighted by atomic mass is 19.1. The highest BCUT2D eigenvalue weighted by Gasteiger charge is 2.38. The van der Waals surface area contributed by atoms with Crippen LogP contribution in [0.1, 0.15) is 6.42 Å². The predicted octanol–water partition coefficient (Wildman–Crippen LogP) is 3.73. The zero-order chi connectivity index (χ0) is 23.4. The normalized spacial score (nSPS) is 14.8. The van der Waals surface area contributed by atoms with E-state index in [-0.39, 0.29) is 12.2 Å². The summed E-state index contributed by atoms with van der Waals surface area (Å²) in [7, 11) is 0. The van der Waals surface area contributed by atoms with Crippen molar-refractivity contribution < 1.29 is 27.9 Å². The lowest BCUT2D eigenvalue weighted by atomic mass is 10.0. The number of halogens is 2. The monoisotopic (exact) mass is 451 g/mol. The molecule has 3 aromatic carbocycles. The topological polar surface area (TPSA) is 87.7 Å². The quantitative estimate of drug-likeness (QED) is 0.598. The maximum absolute atomic E-state index is 13.1. The number of nitrogens with zero attached hydrogens (tertiary/aromatic N) is 1. The molecular weight excluding hydrogens is 432 g/mol. The number of ether oxygens (including phenoxy) is 1. The van der Waals surface area contributed by atoms with Gasteiger partial charge in [0.15, 0.2) is 6.61 Å². The third-order valence-electron chi connectivity index (χ3n) is 4.99. The minimum absolute atomic E-state index is 0.282. The molecule has 7 nitrogen and oxygen atoms in total. The van der Waals surface area contributed by atoms with E-state index >= 15 is 0 Å². The van der Waals surface area contributed by atoms with Gasteiger partial charge in [0.1, 0.15) is 23.4 Å². The van der Waals surface area contributed by atoms with Crippen LogP contribution in [0.3, 0.4) is 0 Å². The molecule has 0 radical (unpaired) electrons. The number of fused-ring (bicyclic) bond motifs is 1. The van der Waals surface area contributed by atoms with Gasteiger partial charge in [-0.05, 0) is 60.7 Å². The second-order valence-corrected chi connectivity index (χ2v) is 7.29. The molecule has 33 heavy (non-hydrogen) atoms. The molecule has 1 unspecified atom stereocenters. The number of carbonyl (C=O) groups excluding carboxylic acids is 3. The summed E-state index contributed by atoms with van der Waals surface area (Å²) in [6, 6.07) is 15.9. The molecule has 0 bridgehead atoms. The first-order chi connectivity index (χ1) is 15.9. The van der Waals surface area contributed by atoms with Gasteiger partial charge >= 0.3 is 0 Å². The molecular formula is C24H19F2N3O4. The van der Waals surface area contributed by atoms with E-state index in [1.165, 1.54) is 53.4 Å². The Morgan fingerprint density at radius 3 is 2.27 bits per heavy atom. The Morgan fingerprint density at radius 1 is 0.939 bits per heavy atom. The lowest BCUT2D eigenvalue weighted by Crippen LogP contribution is -2.53. The first kappa shape index (κ1) is 21.9. The van der Waals surface area contributed by atoms with Crippen LogP contribution in [-0.4, -0.2) is 30.4 Å². The summed E-state index contributed by atoms with van der Waals surface area (Å²) >= 11 is 0. The molecule has 1 aliphatic rings. The number of carbonyl (C=O) groups is 3. The molecule has 0 saturated carbocycles. The standard InChI is InChI=1S/C24H19F2N3O4/c25-15-5-9-17(10-6-15)27-22(30)13-21-24(32)28-19-3-1-2-4-20(19)29(21)23(31)14-33-18-11-7-16(26)8-12-18/h1-12,21H,13-14H2,(H,27,30)(H,28,32). The summed E-state index contributed by atoms with van der Waals surface area (Å²) < 4.78 is 31.7. The zero-order valence-corrected chi connectivity index (χ0v) is 17.3. The van der Waals surface area contributed by atoms with E-state index < -0.39 is 42.0 Å². The molecule has 0 fully saturated rings.